The first-order chi connectivity index (χ1) is 15.2. The molecule has 31 heavy (non-hydrogen) atoms. The molecule has 0 unspecified atom stereocenters. The Balaban J connectivity index is 1.26. The zero-order valence-electron chi connectivity index (χ0n) is 17.4. The summed E-state index contributed by atoms with van der Waals surface area (Å²) in [6.07, 6.45) is 1.18. The number of hydrogen-bond donors (Lipinski definition) is 0. The van der Waals surface area contributed by atoms with Gasteiger partial charge in [-0.15, -0.1) is 26.6 Å². The lowest BCUT2D eigenvalue weighted by Gasteiger charge is -2.35. The zero-order valence-corrected chi connectivity index (χ0v) is 18.3. The van der Waals surface area contributed by atoms with Crippen LogP contribution in [0.1, 0.15) is 21.8 Å². The van der Waals surface area contributed by atoms with Crippen LogP contribution in [0.2, 0.25) is 0 Å². The van der Waals surface area contributed by atoms with E-state index in [-0.39, 0.29) is 5.91 Å². The number of aromatic nitrogens is 4. The number of carbonyl (C=O) groups excluding carboxylic acids is 1. The summed E-state index contributed by atoms with van der Waals surface area (Å²) >= 11 is 1.71. The van der Waals surface area contributed by atoms with Gasteiger partial charge in [-0.25, -0.2) is 0 Å². The van der Waals surface area contributed by atoms with Crippen molar-refractivity contribution in [2.75, 3.05) is 31.1 Å². The van der Waals surface area contributed by atoms with Gasteiger partial charge >= 0.3 is 0 Å². The second kappa shape index (κ2) is 8.47. The van der Waals surface area contributed by atoms with Gasteiger partial charge in [0, 0.05) is 37.5 Å². The number of carbonyl (C=O) groups is 1. The molecule has 1 aliphatic heterocycles. The van der Waals surface area contributed by atoms with Crippen molar-refractivity contribution in [3.05, 3.63) is 75.7 Å². The first kappa shape index (κ1) is 19.7. The average molecular weight is 433 g/mol. The number of fused-ring (bicyclic) bond motifs is 1. The van der Waals surface area contributed by atoms with Crippen molar-refractivity contribution in [1.29, 1.82) is 0 Å². The normalized spacial score (nSPS) is 14.4. The lowest BCUT2D eigenvalue weighted by atomic mass is 10.1. The predicted molar refractivity (Wildman–Crippen MR) is 122 cm³/mol. The molecule has 5 rings (SSSR count). The Morgan fingerprint density at radius 1 is 1.00 bits per heavy atom. The molecule has 1 saturated heterocycles. The Kier molecular flexibility index (Phi) is 5.38. The lowest BCUT2D eigenvalue weighted by molar-refractivity contribution is -0.130. The Morgan fingerprint density at radius 2 is 1.84 bits per heavy atom. The van der Waals surface area contributed by atoms with Crippen molar-refractivity contribution in [1.82, 2.24) is 24.7 Å². The van der Waals surface area contributed by atoms with E-state index < -0.39 is 0 Å². The molecule has 1 amide bonds. The Bertz CT molecular complexity index is 1190. The number of nitrogens with zero attached hydrogens (tertiary/aromatic N) is 6. The van der Waals surface area contributed by atoms with Crippen LogP contribution in [0.3, 0.4) is 0 Å². The maximum absolute atomic E-state index is 12.8. The van der Waals surface area contributed by atoms with E-state index in [2.05, 4.69) is 39.5 Å². The molecule has 1 aromatic carbocycles. The summed E-state index contributed by atoms with van der Waals surface area (Å²) in [5.41, 5.74) is 3.02. The van der Waals surface area contributed by atoms with Crippen molar-refractivity contribution in [3.8, 4) is 0 Å². The number of piperazine rings is 1. The van der Waals surface area contributed by atoms with Crippen molar-refractivity contribution in [3.63, 3.8) is 0 Å². The highest BCUT2D eigenvalue weighted by Crippen LogP contribution is 2.18. The molecule has 0 N–H and O–H groups in total. The van der Waals surface area contributed by atoms with E-state index in [1.807, 2.05) is 45.8 Å². The SMILES string of the molecule is Cc1ccccc1CC(=O)N1CCN(c2ccc3nnc(Cc4cccs4)n3n2)CC1. The van der Waals surface area contributed by atoms with E-state index in [4.69, 9.17) is 5.10 Å². The minimum atomic E-state index is 0.189. The summed E-state index contributed by atoms with van der Waals surface area (Å²) in [6.45, 7) is 4.99. The molecule has 8 heteroatoms. The summed E-state index contributed by atoms with van der Waals surface area (Å²) in [4.78, 5) is 18.2. The molecule has 0 bridgehead atoms. The number of rotatable bonds is 5. The highest BCUT2D eigenvalue weighted by molar-refractivity contribution is 7.09. The summed E-state index contributed by atoms with van der Waals surface area (Å²) in [5, 5.41) is 15.4. The van der Waals surface area contributed by atoms with Crippen LogP contribution in [0.15, 0.2) is 53.9 Å². The molecule has 158 valence electrons. The fraction of sp³-hybridized carbons (Fsp3) is 0.304. The van der Waals surface area contributed by atoms with E-state index in [0.29, 0.717) is 19.5 Å². The average Bonchev–Trinajstić information content (AvgIpc) is 3.46. The Morgan fingerprint density at radius 3 is 2.61 bits per heavy atom. The van der Waals surface area contributed by atoms with Gasteiger partial charge in [0.05, 0.1) is 6.42 Å². The molecule has 7 nitrogen and oxygen atoms in total. The van der Waals surface area contributed by atoms with Gasteiger partial charge in [0.1, 0.15) is 5.82 Å². The van der Waals surface area contributed by atoms with Crippen molar-refractivity contribution in [2.45, 2.75) is 19.8 Å². The monoisotopic (exact) mass is 432 g/mol. The number of anilines is 1. The largest absolute Gasteiger partial charge is 0.352 e. The maximum Gasteiger partial charge on any atom is 0.227 e. The fourth-order valence-corrected chi connectivity index (χ4v) is 4.64. The standard InChI is InChI=1S/C23H24N6OS/c1-17-5-2-3-6-18(17)15-23(30)28-12-10-27(11-13-28)21-9-8-20-24-25-22(29(20)26-21)16-19-7-4-14-31-19/h2-9,14H,10-13,15-16H2,1H3. The van der Waals surface area contributed by atoms with Crippen LogP contribution in [0.5, 0.6) is 0 Å². The molecule has 4 heterocycles. The molecule has 1 aliphatic rings. The third-order valence-corrected chi connectivity index (χ3v) is 6.66. The van der Waals surface area contributed by atoms with Crippen LogP contribution < -0.4 is 4.90 Å². The van der Waals surface area contributed by atoms with E-state index >= 15 is 0 Å². The van der Waals surface area contributed by atoms with Gasteiger partial charge in [0.15, 0.2) is 11.5 Å². The molecule has 0 spiro atoms. The third-order valence-electron chi connectivity index (χ3n) is 5.79. The number of benzene rings is 1. The van der Waals surface area contributed by atoms with Crippen LogP contribution in [0.4, 0.5) is 5.82 Å². The van der Waals surface area contributed by atoms with Gasteiger partial charge in [-0.05, 0) is 41.6 Å². The molecule has 4 aromatic rings. The van der Waals surface area contributed by atoms with Crippen LogP contribution in [-0.4, -0.2) is 56.8 Å². The van der Waals surface area contributed by atoms with Crippen LogP contribution >= 0.6 is 11.3 Å². The van der Waals surface area contributed by atoms with Gasteiger partial charge in [-0.3, -0.25) is 4.79 Å². The van der Waals surface area contributed by atoms with E-state index in [1.54, 1.807) is 11.3 Å². The summed E-state index contributed by atoms with van der Waals surface area (Å²) in [5.74, 6) is 1.92. The number of aryl methyl sites for hydroxylation is 1. The fourth-order valence-electron chi connectivity index (χ4n) is 3.94. The van der Waals surface area contributed by atoms with Gasteiger partial charge in [-0.1, -0.05) is 30.3 Å². The Labute approximate surface area is 184 Å². The highest BCUT2D eigenvalue weighted by atomic mass is 32.1. The number of hydrogen-bond acceptors (Lipinski definition) is 6. The third kappa shape index (κ3) is 4.16. The topological polar surface area (TPSA) is 66.6 Å². The van der Waals surface area contributed by atoms with Crippen molar-refractivity contribution < 1.29 is 4.79 Å². The molecule has 0 saturated carbocycles. The first-order valence-electron chi connectivity index (χ1n) is 10.5. The van der Waals surface area contributed by atoms with E-state index in [9.17, 15) is 4.79 Å². The van der Waals surface area contributed by atoms with Crippen LogP contribution in [-0.2, 0) is 17.6 Å². The smallest absolute Gasteiger partial charge is 0.227 e. The quantitative estimate of drug-likeness (QED) is 0.485. The minimum Gasteiger partial charge on any atom is -0.352 e. The predicted octanol–water partition coefficient (Wildman–Crippen LogP) is 2.98. The highest BCUT2D eigenvalue weighted by Gasteiger charge is 2.23. The summed E-state index contributed by atoms with van der Waals surface area (Å²) < 4.78 is 1.84. The van der Waals surface area contributed by atoms with Gasteiger partial charge in [-0.2, -0.15) is 4.52 Å². The van der Waals surface area contributed by atoms with Gasteiger partial charge < -0.3 is 9.80 Å². The molecule has 3 aromatic heterocycles. The minimum absolute atomic E-state index is 0.189. The second-order valence-electron chi connectivity index (χ2n) is 7.80. The van der Waals surface area contributed by atoms with Crippen LogP contribution in [0.25, 0.3) is 5.65 Å². The summed E-state index contributed by atoms with van der Waals surface area (Å²) in [7, 11) is 0. The lowest BCUT2D eigenvalue weighted by Crippen LogP contribution is -2.49. The van der Waals surface area contributed by atoms with Crippen LogP contribution in [0, 0.1) is 6.92 Å². The molecule has 0 radical (unpaired) electrons. The van der Waals surface area contributed by atoms with E-state index in [1.165, 1.54) is 10.4 Å². The first-order valence-corrected chi connectivity index (χ1v) is 11.4. The number of thiophene rings is 1. The second-order valence-corrected chi connectivity index (χ2v) is 8.84. The molecular formula is C23H24N6OS. The molecule has 1 fully saturated rings. The molecule has 0 atom stereocenters. The van der Waals surface area contributed by atoms with Crippen molar-refractivity contribution in [2.24, 2.45) is 0 Å². The summed E-state index contributed by atoms with van der Waals surface area (Å²) in [6, 6.07) is 16.2. The van der Waals surface area contributed by atoms with Gasteiger partial charge in [0.25, 0.3) is 0 Å². The molecular weight excluding hydrogens is 408 g/mol. The van der Waals surface area contributed by atoms with Gasteiger partial charge in [0.2, 0.25) is 5.91 Å². The maximum atomic E-state index is 12.8. The number of amides is 1. The Hall–Kier alpha value is -3.26. The molecule has 0 aliphatic carbocycles. The van der Waals surface area contributed by atoms with Crippen molar-refractivity contribution >= 4 is 28.7 Å². The zero-order chi connectivity index (χ0) is 21.2. The van der Waals surface area contributed by atoms with E-state index in [0.717, 1.165) is 42.4 Å².